The number of benzene rings is 2. The zero-order valence-corrected chi connectivity index (χ0v) is 17.7. The summed E-state index contributed by atoms with van der Waals surface area (Å²) in [5.74, 6) is 0.333. The average molecular weight is 414 g/mol. The SMILES string of the molecule is Cc1ccc(N(C)c2ncc(C(F)(F)F)c(N(C)c3ccc(C(C)C)cc3)n2)cc1. The Hall–Kier alpha value is -3.09. The van der Waals surface area contributed by atoms with Crippen LogP contribution in [0, 0.1) is 6.92 Å². The van der Waals surface area contributed by atoms with E-state index in [1.807, 2.05) is 43.3 Å². The monoisotopic (exact) mass is 414 g/mol. The van der Waals surface area contributed by atoms with E-state index in [4.69, 9.17) is 0 Å². The van der Waals surface area contributed by atoms with Crippen LogP contribution in [-0.4, -0.2) is 24.1 Å². The second-order valence-electron chi connectivity index (χ2n) is 7.60. The van der Waals surface area contributed by atoms with Crippen molar-refractivity contribution in [2.24, 2.45) is 0 Å². The van der Waals surface area contributed by atoms with Crippen LogP contribution in [0.25, 0.3) is 0 Å². The minimum absolute atomic E-state index is 0.188. The molecule has 0 radical (unpaired) electrons. The van der Waals surface area contributed by atoms with Crippen LogP contribution in [0.4, 0.5) is 36.3 Å². The molecule has 158 valence electrons. The van der Waals surface area contributed by atoms with Crippen molar-refractivity contribution >= 4 is 23.1 Å². The topological polar surface area (TPSA) is 32.3 Å². The second kappa shape index (κ2) is 8.34. The molecule has 3 aromatic rings. The van der Waals surface area contributed by atoms with Crippen molar-refractivity contribution in [1.82, 2.24) is 9.97 Å². The summed E-state index contributed by atoms with van der Waals surface area (Å²) in [4.78, 5) is 11.4. The minimum Gasteiger partial charge on any atom is -0.329 e. The molecular formula is C23H25F3N4. The highest BCUT2D eigenvalue weighted by molar-refractivity contribution is 5.66. The van der Waals surface area contributed by atoms with Crippen LogP contribution in [0.2, 0.25) is 0 Å². The van der Waals surface area contributed by atoms with E-state index in [-0.39, 0.29) is 11.8 Å². The van der Waals surface area contributed by atoms with Gasteiger partial charge in [0.1, 0.15) is 5.56 Å². The molecule has 0 saturated heterocycles. The molecule has 0 amide bonds. The molecule has 0 aliphatic rings. The predicted octanol–water partition coefficient (Wildman–Crippen LogP) is 6.46. The average Bonchev–Trinajstić information content (AvgIpc) is 2.72. The Morgan fingerprint density at radius 2 is 1.37 bits per heavy atom. The molecule has 0 bridgehead atoms. The number of aryl methyl sites for hydroxylation is 1. The third-order valence-electron chi connectivity index (χ3n) is 5.05. The lowest BCUT2D eigenvalue weighted by molar-refractivity contribution is -0.137. The lowest BCUT2D eigenvalue weighted by atomic mass is 10.0. The highest BCUT2D eigenvalue weighted by Gasteiger charge is 2.37. The molecule has 3 rings (SSSR count). The molecule has 0 saturated carbocycles. The van der Waals surface area contributed by atoms with Gasteiger partial charge in [-0.2, -0.15) is 18.2 Å². The van der Waals surface area contributed by atoms with Gasteiger partial charge in [0.25, 0.3) is 0 Å². The van der Waals surface area contributed by atoms with E-state index >= 15 is 0 Å². The summed E-state index contributed by atoms with van der Waals surface area (Å²) in [6.07, 6.45) is -3.72. The van der Waals surface area contributed by atoms with E-state index < -0.39 is 11.7 Å². The second-order valence-corrected chi connectivity index (χ2v) is 7.60. The van der Waals surface area contributed by atoms with Gasteiger partial charge in [0.2, 0.25) is 5.95 Å². The van der Waals surface area contributed by atoms with Gasteiger partial charge in [0.15, 0.2) is 5.82 Å². The maximum atomic E-state index is 13.7. The highest BCUT2D eigenvalue weighted by atomic mass is 19.4. The first kappa shape index (κ1) is 21.6. The number of halogens is 3. The molecule has 0 aliphatic heterocycles. The number of anilines is 4. The van der Waals surface area contributed by atoms with E-state index in [1.165, 1.54) is 4.90 Å². The van der Waals surface area contributed by atoms with Crippen LogP contribution in [0.3, 0.4) is 0 Å². The lowest BCUT2D eigenvalue weighted by Gasteiger charge is -2.25. The summed E-state index contributed by atoms with van der Waals surface area (Å²) in [5.41, 5.74) is 2.73. The third-order valence-corrected chi connectivity index (χ3v) is 5.05. The normalized spacial score (nSPS) is 11.6. The summed E-state index contributed by atoms with van der Waals surface area (Å²) in [6.45, 7) is 6.10. The van der Waals surface area contributed by atoms with Crippen LogP contribution in [-0.2, 0) is 6.18 Å². The Kier molecular flexibility index (Phi) is 6.01. The fourth-order valence-corrected chi connectivity index (χ4v) is 3.07. The number of hydrogen-bond donors (Lipinski definition) is 0. The van der Waals surface area contributed by atoms with Gasteiger partial charge in [0.05, 0.1) is 0 Å². The van der Waals surface area contributed by atoms with Crippen LogP contribution in [0.1, 0.15) is 36.5 Å². The van der Waals surface area contributed by atoms with E-state index in [9.17, 15) is 13.2 Å². The fraction of sp³-hybridized carbons (Fsp3) is 0.304. The smallest absolute Gasteiger partial charge is 0.329 e. The molecule has 0 aliphatic carbocycles. The van der Waals surface area contributed by atoms with Crippen LogP contribution in [0.5, 0.6) is 0 Å². The highest BCUT2D eigenvalue weighted by Crippen LogP contribution is 2.38. The van der Waals surface area contributed by atoms with Gasteiger partial charge in [-0.25, -0.2) is 4.98 Å². The summed E-state index contributed by atoms with van der Waals surface area (Å²) in [7, 11) is 3.31. The van der Waals surface area contributed by atoms with Crippen molar-refractivity contribution < 1.29 is 13.2 Å². The number of alkyl halides is 3. The largest absolute Gasteiger partial charge is 0.421 e. The zero-order valence-electron chi connectivity index (χ0n) is 17.7. The molecule has 0 N–H and O–H groups in total. The summed E-state index contributed by atoms with van der Waals surface area (Å²) < 4.78 is 41.0. The summed E-state index contributed by atoms with van der Waals surface area (Å²) in [5, 5.41) is 0. The Morgan fingerprint density at radius 3 is 1.90 bits per heavy atom. The maximum Gasteiger partial charge on any atom is 0.421 e. The molecule has 0 fully saturated rings. The van der Waals surface area contributed by atoms with Gasteiger partial charge in [0, 0.05) is 31.7 Å². The molecule has 30 heavy (non-hydrogen) atoms. The van der Waals surface area contributed by atoms with Crippen molar-refractivity contribution in [3.63, 3.8) is 0 Å². The first-order valence-corrected chi connectivity index (χ1v) is 9.66. The van der Waals surface area contributed by atoms with Crippen molar-refractivity contribution in [1.29, 1.82) is 0 Å². The van der Waals surface area contributed by atoms with E-state index in [1.54, 1.807) is 31.1 Å². The van der Waals surface area contributed by atoms with Crippen LogP contribution < -0.4 is 9.80 Å². The van der Waals surface area contributed by atoms with E-state index in [0.29, 0.717) is 11.6 Å². The summed E-state index contributed by atoms with van der Waals surface area (Å²) in [6, 6.07) is 15.1. The fourth-order valence-electron chi connectivity index (χ4n) is 3.07. The van der Waals surface area contributed by atoms with Gasteiger partial charge in [-0.1, -0.05) is 43.7 Å². The van der Waals surface area contributed by atoms with E-state index in [2.05, 4.69) is 23.8 Å². The molecule has 0 atom stereocenters. The summed E-state index contributed by atoms with van der Waals surface area (Å²) >= 11 is 0. The van der Waals surface area contributed by atoms with Crippen molar-refractivity contribution in [2.45, 2.75) is 32.9 Å². The molecule has 1 heterocycles. The number of nitrogens with zero attached hydrogens (tertiary/aromatic N) is 4. The third kappa shape index (κ3) is 4.56. The first-order valence-electron chi connectivity index (χ1n) is 9.66. The van der Waals surface area contributed by atoms with Crippen molar-refractivity contribution in [2.75, 3.05) is 23.9 Å². The number of hydrogen-bond acceptors (Lipinski definition) is 4. The molecule has 1 aromatic heterocycles. The van der Waals surface area contributed by atoms with Gasteiger partial charge >= 0.3 is 6.18 Å². The predicted molar refractivity (Wildman–Crippen MR) is 115 cm³/mol. The van der Waals surface area contributed by atoms with Gasteiger partial charge < -0.3 is 9.80 Å². The Bertz CT molecular complexity index is 996. The maximum absolute atomic E-state index is 13.7. The molecule has 4 nitrogen and oxygen atoms in total. The standard InChI is InChI=1S/C23H25F3N4/c1-15(2)17-8-12-18(13-9-17)29(4)21-20(23(24,25)26)14-27-22(28-21)30(5)19-10-6-16(3)7-11-19/h6-15H,1-5H3. The lowest BCUT2D eigenvalue weighted by Crippen LogP contribution is -2.21. The van der Waals surface area contributed by atoms with Crippen LogP contribution >= 0.6 is 0 Å². The van der Waals surface area contributed by atoms with Crippen molar-refractivity contribution in [3.05, 3.63) is 71.4 Å². The quantitative estimate of drug-likeness (QED) is 0.479. The molecule has 0 spiro atoms. The molecule has 2 aromatic carbocycles. The van der Waals surface area contributed by atoms with E-state index in [0.717, 1.165) is 23.0 Å². The molecule has 7 heteroatoms. The van der Waals surface area contributed by atoms with Gasteiger partial charge in [-0.05, 0) is 42.7 Å². The van der Waals surface area contributed by atoms with Gasteiger partial charge in [-0.3, -0.25) is 0 Å². The zero-order chi connectivity index (χ0) is 22.1. The Labute approximate surface area is 175 Å². The van der Waals surface area contributed by atoms with Crippen LogP contribution in [0.15, 0.2) is 54.7 Å². The molecular weight excluding hydrogens is 389 g/mol. The number of rotatable bonds is 5. The van der Waals surface area contributed by atoms with Gasteiger partial charge in [-0.15, -0.1) is 0 Å². The van der Waals surface area contributed by atoms with Crippen molar-refractivity contribution in [3.8, 4) is 0 Å². The Morgan fingerprint density at radius 1 is 0.833 bits per heavy atom. The molecule has 0 unspecified atom stereocenters. The minimum atomic E-state index is -4.57. The number of aromatic nitrogens is 2. The Balaban J connectivity index is 2.04. The first-order chi connectivity index (χ1) is 14.1.